The molecule has 7 nitrogen and oxygen atoms in total. The fourth-order valence-electron chi connectivity index (χ4n) is 6.19. The van der Waals surface area contributed by atoms with Crippen LogP contribution in [-0.2, 0) is 36.5 Å². The molecule has 214 valence electrons. The Kier molecular flexibility index (Phi) is 10.4. The number of carbonyl (C=O) groups excluding carboxylic acids is 2. The molecule has 1 aromatic carbocycles. The number of aryl methyl sites for hydroxylation is 2. The third-order valence-corrected chi connectivity index (χ3v) is 8.33. The van der Waals surface area contributed by atoms with E-state index in [1.807, 2.05) is 6.07 Å². The van der Waals surface area contributed by atoms with Gasteiger partial charge in [0, 0.05) is 42.1 Å². The van der Waals surface area contributed by atoms with Crippen LogP contribution in [0, 0.1) is 0 Å². The Labute approximate surface area is 232 Å². The number of fused-ring (bicyclic) bond motifs is 1. The second-order valence-corrected chi connectivity index (χ2v) is 11.3. The lowest BCUT2D eigenvalue weighted by Gasteiger charge is -2.30. The summed E-state index contributed by atoms with van der Waals surface area (Å²) in [5, 5.41) is 0. The smallest absolute Gasteiger partial charge is 0.192 e. The summed E-state index contributed by atoms with van der Waals surface area (Å²) >= 11 is 0. The number of Topliss-reactive ketones (excluding diaryl/α,β-unsaturated/α-hetero) is 2. The van der Waals surface area contributed by atoms with Gasteiger partial charge in [-0.15, -0.1) is 0 Å². The molecule has 3 saturated heterocycles. The van der Waals surface area contributed by atoms with Gasteiger partial charge in [-0.25, -0.2) is 0 Å². The molecule has 1 aromatic rings. The van der Waals surface area contributed by atoms with Crippen LogP contribution in [-0.4, -0.2) is 63.3 Å². The zero-order valence-corrected chi connectivity index (χ0v) is 23.5. The molecule has 0 N–H and O–H groups in total. The Morgan fingerprint density at radius 3 is 1.95 bits per heavy atom. The van der Waals surface area contributed by atoms with Gasteiger partial charge in [-0.05, 0) is 108 Å². The van der Waals surface area contributed by atoms with Crippen molar-refractivity contribution in [3.05, 3.63) is 45.5 Å². The lowest BCUT2D eigenvalue weighted by atomic mass is 9.77. The molecule has 3 atom stereocenters. The van der Waals surface area contributed by atoms with Gasteiger partial charge >= 0.3 is 0 Å². The van der Waals surface area contributed by atoms with E-state index >= 15 is 0 Å². The van der Waals surface area contributed by atoms with Crippen LogP contribution in [0.15, 0.2) is 23.3 Å². The normalized spacial score (nSPS) is 26.1. The van der Waals surface area contributed by atoms with E-state index in [0.717, 1.165) is 101 Å². The third kappa shape index (κ3) is 7.25. The molecule has 3 heterocycles. The second-order valence-electron chi connectivity index (χ2n) is 11.3. The van der Waals surface area contributed by atoms with Gasteiger partial charge < -0.3 is 23.7 Å². The largest absolute Gasteiger partial charge is 0.373 e. The number of benzene rings is 1. The maximum Gasteiger partial charge on any atom is 0.192 e. The summed E-state index contributed by atoms with van der Waals surface area (Å²) in [5.41, 5.74) is 4.22. The highest BCUT2D eigenvalue weighted by Crippen LogP contribution is 2.35. The van der Waals surface area contributed by atoms with Crippen molar-refractivity contribution >= 4 is 11.6 Å². The van der Waals surface area contributed by atoms with Crippen molar-refractivity contribution in [3.63, 3.8) is 0 Å². The second kappa shape index (κ2) is 14.1. The van der Waals surface area contributed by atoms with Crippen molar-refractivity contribution in [3.8, 4) is 0 Å². The minimum absolute atomic E-state index is 0.0374. The van der Waals surface area contributed by atoms with Gasteiger partial charge in [0.15, 0.2) is 24.1 Å². The third-order valence-electron chi connectivity index (χ3n) is 8.33. The number of ketones is 2. The predicted octanol–water partition coefficient (Wildman–Crippen LogP) is 5.90. The molecule has 1 aliphatic carbocycles. The van der Waals surface area contributed by atoms with E-state index in [9.17, 15) is 9.59 Å². The fourth-order valence-corrected chi connectivity index (χ4v) is 6.19. The van der Waals surface area contributed by atoms with Crippen LogP contribution in [0.4, 0.5) is 0 Å². The number of ether oxygens (including phenoxy) is 5. The van der Waals surface area contributed by atoms with Gasteiger partial charge in [0.25, 0.3) is 0 Å². The molecule has 3 fully saturated rings. The van der Waals surface area contributed by atoms with E-state index in [0.29, 0.717) is 48.5 Å². The lowest BCUT2D eigenvalue weighted by Crippen LogP contribution is -2.32. The van der Waals surface area contributed by atoms with E-state index in [1.54, 1.807) is 6.92 Å². The van der Waals surface area contributed by atoms with Crippen LogP contribution < -0.4 is 0 Å². The van der Waals surface area contributed by atoms with E-state index in [-0.39, 0.29) is 30.3 Å². The predicted molar refractivity (Wildman–Crippen MR) is 147 cm³/mol. The fraction of sp³-hybridized carbons (Fsp3) is 0.688. The molecule has 0 radical (unpaired) electrons. The van der Waals surface area contributed by atoms with Crippen molar-refractivity contribution in [1.29, 1.82) is 0 Å². The van der Waals surface area contributed by atoms with Crippen molar-refractivity contribution in [2.75, 3.05) is 33.0 Å². The van der Waals surface area contributed by atoms with Crippen LogP contribution in [0.2, 0.25) is 0 Å². The summed E-state index contributed by atoms with van der Waals surface area (Å²) in [6.45, 7) is 5.13. The SMILES string of the molecule is CC1=C(C2CCCCO2)C(=O)c2cc(CCCOC3CCCCO3)cc(CCCOC3CCCCO3)c2C1=O. The monoisotopic (exact) mass is 540 g/mol. The van der Waals surface area contributed by atoms with Gasteiger partial charge in [-0.3, -0.25) is 9.59 Å². The van der Waals surface area contributed by atoms with E-state index in [1.165, 1.54) is 0 Å². The van der Waals surface area contributed by atoms with Crippen molar-refractivity contribution in [1.82, 2.24) is 0 Å². The zero-order chi connectivity index (χ0) is 27.0. The average Bonchev–Trinajstić information content (AvgIpc) is 2.98. The molecule has 39 heavy (non-hydrogen) atoms. The molecule has 0 amide bonds. The lowest BCUT2D eigenvalue weighted by molar-refractivity contribution is -0.162. The van der Waals surface area contributed by atoms with E-state index in [2.05, 4.69) is 6.07 Å². The molecule has 0 aromatic heterocycles. The Hall–Kier alpha value is -1.90. The molecule has 3 unspecified atom stereocenters. The highest BCUT2D eigenvalue weighted by molar-refractivity contribution is 6.27. The first kappa shape index (κ1) is 28.6. The Morgan fingerprint density at radius 2 is 1.36 bits per heavy atom. The van der Waals surface area contributed by atoms with Gasteiger partial charge in [-0.1, -0.05) is 6.07 Å². The first-order valence-corrected chi connectivity index (χ1v) is 15.2. The Bertz CT molecular complexity index is 1030. The summed E-state index contributed by atoms with van der Waals surface area (Å²) in [7, 11) is 0. The first-order valence-electron chi connectivity index (χ1n) is 15.2. The molecule has 7 heteroatoms. The number of hydrogen-bond acceptors (Lipinski definition) is 7. The molecular formula is C32H44O7. The minimum atomic E-state index is -0.289. The number of allylic oxidation sites excluding steroid dienone is 1. The summed E-state index contributed by atoms with van der Waals surface area (Å²) in [6, 6.07) is 4.06. The number of rotatable bonds is 11. The quantitative estimate of drug-likeness (QED) is 0.323. The van der Waals surface area contributed by atoms with E-state index in [4.69, 9.17) is 23.7 Å². The van der Waals surface area contributed by atoms with Crippen LogP contribution in [0.25, 0.3) is 0 Å². The Morgan fingerprint density at radius 1 is 0.744 bits per heavy atom. The standard InChI is InChI=1S/C32H44O7/c1-22-29(26-12-2-5-15-35-26)32(34)25-21-23(10-8-18-38-27-13-3-6-16-36-27)20-24(30(25)31(22)33)11-9-19-39-28-14-4-7-17-37-28/h20-21,26-28H,2-19H2,1H3. The molecule has 0 bridgehead atoms. The topological polar surface area (TPSA) is 80.3 Å². The van der Waals surface area contributed by atoms with Crippen molar-refractivity contribution < 1.29 is 33.3 Å². The van der Waals surface area contributed by atoms with Gasteiger partial charge in [0.05, 0.1) is 19.3 Å². The van der Waals surface area contributed by atoms with Gasteiger partial charge in [-0.2, -0.15) is 0 Å². The van der Waals surface area contributed by atoms with Crippen LogP contribution in [0.3, 0.4) is 0 Å². The number of carbonyl (C=O) groups is 2. The molecule has 0 saturated carbocycles. The highest BCUT2D eigenvalue weighted by atomic mass is 16.7. The van der Waals surface area contributed by atoms with Crippen molar-refractivity contribution in [2.24, 2.45) is 0 Å². The first-order chi connectivity index (χ1) is 19.1. The summed E-state index contributed by atoms with van der Waals surface area (Å²) in [5.74, 6) is -0.0829. The summed E-state index contributed by atoms with van der Waals surface area (Å²) in [4.78, 5) is 27.6. The maximum absolute atomic E-state index is 13.9. The average molecular weight is 541 g/mol. The Balaban J connectivity index is 1.31. The molecule has 3 aliphatic heterocycles. The van der Waals surface area contributed by atoms with Gasteiger partial charge in [0.1, 0.15) is 0 Å². The number of hydrogen-bond donors (Lipinski definition) is 0. The zero-order valence-electron chi connectivity index (χ0n) is 23.5. The molecule has 0 spiro atoms. The summed E-state index contributed by atoms with van der Waals surface area (Å²) < 4.78 is 29.2. The highest BCUT2D eigenvalue weighted by Gasteiger charge is 2.36. The maximum atomic E-state index is 13.9. The van der Waals surface area contributed by atoms with Crippen LogP contribution in [0.5, 0.6) is 0 Å². The van der Waals surface area contributed by atoms with Crippen LogP contribution in [0.1, 0.15) is 109 Å². The molecular weight excluding hydrogens is 496 g/mol. The summed E-state index contributed by atoms with van der Waals surface area (Å²) in [6.07, 6.45) is 11.7. The molecule has 4 aliphatic rings. The molecule has 5 rings (SSSR count). The van der Waals surface area contributed by atoms with E-state index < -0.39 is 0 Å². The van der Waals surface area contributed by atoms with Gasteiger partial charge in [0.2, 0.25) is 0 Å². The van der Waals surface area contributed by atoms with Crippen LogP contribution >= 0.6 is 0 Å². The minimum Gasteiger partial charge on any atom is -0.373 e. The van der Waals surface area contributed by atoms with Crippen molar-refractivity contribution in [2.45, 2.75) is 109 Å².